The predicted octanol–water partition coefficient (Wildman–Crippen LogP) is 4.24. The van der Waals surface area contributed by atoms with E-state index in [1.807, 2.05) is 43.3 Å². The molecular formula is C25H30N4O3. The summed E-state index contributed by atoms with van der Waals surface area (Å²) < 4.78 is 16.8. The van der Waals surface area contributed by atoms with Gasteiger partial charge in [-0.15, -0.1) is 0 Å². The fourth-order valence-electron chi connectivity index (χ4n) is 4.10. The van der Waals surface area contributed by atoms with Gasteiger partial charge in [0.2, 0.25) is 5.88 Å². The number of anilines is 2. The first-order chi connectivity index (χ1) is 15.6. The van der Waals surface area contributed by atoms with Crippen molar-refractivity contribution in [3.05, 3.63) is 59.8 Å². The van der Waals surface area contributed by atoms with E-state index in [1.54, 1.807) is 20.4 Å². The third-order valence-corrected chi connectivity index (χ3v) is 5.80. The molecule has 0 unspecified atom stereocenters. The number of aryl methyl sites for hydroxylation is 1. The van der Waals surface area contributed by atoms with Crippen molar-refractivity contribution in [3.63, 3.8) is 0 Å². The molecule has 0 bridgehead atoms. The molecule has 7 heteroatoms. The van der Waals surface area contributed by atoms with E-state index >= 15 is 0 Å². The lowest BCUT2D eigenvalue weighted by Crippen LogP contribution is -2.33. The van der Waals surface area contributed by atoms with Crippen molar-refractivity contribution >= 4 is 11.6 Å². The molecule has 1 aromatic carbocycles. The molecule has 1 fully saturated rings. The quantitative estimate of drug-likeness (QED) is 0.568. The largest absolute Gasteiger partial charge is 0.497 e. The van der Waals surface area contributed by atoms with Crippen LogP contribution in [-0.2, 0) is 11.3 Å². The molecule has 0 amide bonds. The van der Waals surface area contributed by atoms with Crippen LogP contribution in [0.15, 0.2) is 48.7 Å². The maximum Gasteiger partial charge on any atom is 0.216 e. The number of aromatic nitrogens is 2. The minimum atomic E-state index is 0.306. The Kier molecular flexibility index (Phi) is 6.75. The smallest absolute Gasteiger partial charge is 0.216 e. The normalized spacial score (nSPS) is 15.7. The first-order valence-electron chi connectivity index (χ1n) is 10.8. The molecule has 3 aromatic rings. The third-order valence-electron chi connectivity index (χ3n) is 5.80. The number of nitrogen functional groups attached to an aromatic ring is 1. The van der Waals surface area contributed by atoms with Crippen LogP contribution in [0.5, 0.6) is 11.6 Å². The van der Waals surface area contributed by atoms with Crippen LogP contribution in [0.25, 0.3) is 11.1 Å². The number of methoxy groups -OCH3 is 2. The minimum absolute atomic E-state index is 0.306. The van der Waals surface area contributed by atoms with Gasteiger partial charge < -0.3 is 24.8 Å². The Morgan fingerprint density at radius 3 is 2.69 bits per heavy atom. The molecule has 3 heterocycles. The Morgan fingerprint density at radius 2 is 1.94 bits per heavy atom. The van der Waals surface area contributed by atoms with Gasteiger partial charge in [-0.2, -0.15) is 4.98 Å². The van der Waals surface area contributed by atoms with Gasteiger partial charge in [0, 0.05) is 25.9 Å². The zero-order chi connectivity index (χ0) is 22.5. The van der Waals surface area contributed by atoms with E-state index in [0.717, 1.165) is 53.2 Å². The zero-order valence-corrected chi connectivity index (χ0v) is 18.9. The van der Waals surface area contributed by atoms with Crippen LogP contribution in [0.3, 0.4) is 0 Å². The van der Waals surface area contributed by atoms with E-state index < -0.39 is 0 Å². The third kappa shape index (κ3) is 4.94. The van der Waals surface area contributed by atoms with Gasteiger partial charge in [-0.25, -0.2) is 4.98 Å². The first kappa shape index (κ1) is 21.9. The van der Waals surface area contributed by atoms with Crippen molar-refractivity contribution in [1.29, 1.82) is 0 Å². The van der Waals surface area contributed by atoms with Gasteiger partial charge in [-0.05, 0) is 66.3 Å². The van der Waals surface area contributed by atoms with Crippen LogP contribution in [0.1, 0.15) is 24.0 Å². The highest BCUT2D eigenvalue weighted by molar-refractivity contribution is 5.73. The molecule has 0 saturated carbocycles. The van der Waals surface area contributed by atoms with Crippen molar-refractivity contribution < 1.29 is 14.2 Å². The van der Waals surface area contributed by atoms with Crippen LogP contribution in [0.2, 0.25) is 0 Å². The van der Waals surface area contributed by atoms with Crippen LogP contribution in [-0.4, -0.2) is 43.4 Å². The Labute approximate surface area is 189 Å². The Hall–Kier alpha value is -3.32. The average molecular weight is 435 g/mol. The molecule has 4 rings (SSSR count). The molecule has 32 heavy (non-hydrogen) atoms. The monoisotopic (exact) mass is 434 g/mol. The molecule has 1 atom stereocenters. The Bertz CT molecular complexity index is 1060. The van der Waals surface area contributed by atoms with Gasteiger partial charge >= 0.3 is 0 Å². The second-order valence-corrected chi connectivity index (χ2v) is 8.06. The van der Waals surface area contributed by atoms with E-state index in [4.69, 9.17) is 24.9 Å². The summed E-state index contributed by atoms with van der Waals surface area (Å²) in [7, 11) is 3.40. The number of benzene rings is 1. The summed E-state index contributed by atoms with van der Waals surface area (Å²) in [5.74, 6) is 2.77. The summed E-state index contributed by atoms with van der Waals surface area (Å²) in [6, 6.07) is 14.1. The lowest BCUT2D eigenvalue weighted by atomic mass is 10.0. The van der Waals surface area contributed by atoms with Crippen molar-refractivity contribution in [2.24, 2.45) is 0 Å². The van der Waals surface area contributed by atoms with E-state index in [-0.39, 0.29) is 0 Å². The van der Waals surface area contributed by atoms with E-state index in [0.29, 0.717) is 31.0 Å². The Balaban J connectivity index is 1.67. The molecule has 1 aliphatic rings. The fraction of sp³-hybridized carbons (Fsp3) is 0.360. The van der Waals surface area contributed by atoms with E-state index in [9.17, 15) is 0 Å². The zero-order valence-electron chi connectivity index (χ0n) is 18.9. The molecule has 7 nitrogen and oxygen atoms in total. The second kappa shape index (κ2) is 9.87. The molecule has 1 saturated heterocycles. The Morgan fingerprint density at radius 1 is 1.12 bits per heavy atom. The van der Waals surface area contributed by atoms with Gasteiger partial charge in [0.1, 0.15) is 24.0 Å². The molecule has 0 spiro atoms. The summed E-state index contributed by atoms with van der Waals surface area (Å²) in [6.07, 6.45) is 4.00. The summed E-state index contributed by atoms with van der Waals surface area (Å²) in [6.45, 7) is 4.07. The van der Waals surface area contributed by atoms with E-state index in [1.165, 1.54) is 0 Å². The average Bonchev–Trinajstić information content (AvgIpc) is 3.28. The molecular weight excluding hydrogens is 404 g/mol. The second-order valence-electron chi connectivity index (χ2n) is 8.06. The van der Waals surface area contributed by atoms with Crippen LogP contribution in [0, 0.1) is 6.92 Å². The number of rotatable bonds is 8. The molecule has 1 aliphatic heterocycles. The van der Waals surface area contributed by atoms with Crippen LogP contribution < -0.4 is 20.1 Å². The highest BCUT2D eigenvalue weighted by Gasteiger charge is 2.26. The topological polar surface area (TPSA) is 82.7 Å². The fourth-order valence-corrected chi connectivity index (χ4v) is 4.10. The summed E-state index contributed by atoms with van der Waals surface area (Å²) in [5, 5.41) is 0. The molecule has 2 aromatic heterocycles. The summed E-state index contributed by atoms with van der Waals surface area (Å²) in [5.41, 5.74) is 10.1. The van der Waals surface area contributed by atoms with Gasteiger partial charge in [-0.3, -0.25) is 0 Å². The number of hydrogen-bond acceptors (Lipinski definition) is 7. The van der Waals surface area contributed by atoms with Gasteiger partial charge in [0.15, 0.2) is 0 Å². The summed E-state index contributed by atoms with van der Waals surface area (Å²) in [4.78, 5) is 11.4. The standard InChI is InChI=1S/C25H30N4O3/c1-17-14-27-23(26)13-22(17)19-11-24(29-10-4-5-20(29)16-30-2)28-25(12-19)32-15-18-6-8-21(31-3)9-7-18/h6-9,11-14,20H,4-5,10,15-16H2,1-3H3,(H2,26,27)/t20-/m1/s1. The van der Waals surface area contributed by atoms with Crippen molar-refractivity contribution in [1.82, 2.24) is 9.97 Å². The maximum absolute atomic E-state index is 6.14. The predicted molar refractivity (Wildman–Crippen MR) is 126 cm³/mol. The van der Waals surface area contributed by atoms with Crippen LogP contribution in [0.4, 0.5) is 11.6 Å². The first-order valence-corrected chi connectivity index (χ1v) is 10.8. The minimum Gasteiger partial charge on any atom is -0.497 e. The number of hydrogen-bond donors (Lipinski definition) is 1. The molecule has 0 radical (unpaired) electrons. The highest BCUT2D eigenvalue weighted by Crippen LogP contribution is 2.33. The molecule has 168 valence electrons. The lowest BCUT2D eigenvalue weighted by Gasteiger charge is -2.26. The van der Waals surface area contributed by atoms with E-state index in [2.05, 4.69) is 16.0 Å². The molecule has 2 N–H and O–H groups in total. The van der Waals surface area contributed by atoms with Crippen molar-refractivity contribution in [2.75, 3.05) is 38.0 Å². The summed E-state index contributed by atoms with van der Waals surface area (Å²) >= 11 is 0. The maximum atomic E-state index is 6.14. The SMILES string of the molecule is COC[C@H]1CCCN1c1cc(-c2cc(N)ncc2C)cc(OCc2ccc(OC)cc2)n1. The lowest BCUT2D eigenvalue weighted by molar-refractivity contribution is 0.180. The van der Waals surface area contributed by atoms with Gasteiger partial charge in [0.05, 0.1) is 19.8 Å². The molecule has 0 aliphatic carbocycles. The van der Waals surface area contributed by atoms with Gasteiger partial charge in [-0.1, -0.05) is 12.1 Å². The van der Waals surface area contributed by atoms with Crippen LogP contribution >= 0.6 is 0 Å². The highest BCUT2D eigenvalue weighted by atomic mass is 16.5. The number of nitrogens with zero attached hydrogens (tertiary/aromatic N) is 3. The van der Waals surface area contributed by atoms with Crippen molar-refractivity contribution in [2.45, 2.75) is 32.4 Å². The number of ether oxygens (including phenoxy) is 3. The number of nitrogens with two attached hydrogens (primary N) is 1. The van der Waals surface area contributed by atoms with Gasteiger partial charge in [0.25, 0.3) is 0 Å². The number of pyridine rings is 2. The van der Waals surface area contributed by atoms with Crippen molar-refractivity contribution in [3.8, 4) is 22.8 Å².